The Hall–Kier alpha value is -1.64. The SMILES string of the molecule is C=C(C)CC12C=CC=CC1C(=O)NC2=O. The van der Waals surface area contributed by atoms with Gasteiger partial charge in [0.25, 0.3) is 0 Å². The first-order valence-corrected chi connectivity index (χ1v) is 4.92. The maximum Gasteiger partial charge on any atom is 0.238 e. The predicted octanol–water partition coefficient (Wildman–Crippen LogP) is 1.34. The first-order valence-electron chi connectivity index (χ1n) is 4.92. The second-order valence-electron chi connectivity index (χ2n) is 4.21. The lowest BCUT2D eigenvalue weighted by molar-refractivity contribution is -0.127. The minimum atomic E-state index is -0.725. The number of allylic oxidation sites excluding steroid dienone is 3. The summed E-state index contributed by atoms with van der Waals surface area (Å²) in [4.78, 5) is 23.4. The number of fused-ring (bicyclic) bond motifs is 1. The lowest BCUT2D eigenvalue weighted by Gasteiger charge is -2.28. The van der Waals surface area contributed by atoms with Gasteiger partial charge in [0, 0.05) is 0 Å². The highest BCUT2D eigenvalue weighted by molar-refractivity contribution is 6.09. The molecule has 0 bridgehead atoms. The van der Waals surface area contributed by atoms with Crippen LogP contribution in [0.1, 0.15) is 13.3 Å². The van der Waals surface area contributed by atoms with Gasteiger partial charge in [0.05, 0.1) is 11.3 Å². The highest BCUT2D eigenvalue weighted by Gasteiger charge is 2.52. The second kappa shape index (κ2) is 3.19. The number of carbonyl (C=O) groups excluding carboxylic acids is 2. The molecule has 2 unspecified atom stereocenters. The Morgan fingerprint density at radius 2 is 2.27 bits per heavy atom. The summed E-state index contributed by atoms with van der Waals surface area (Å²) < 4.78 is 0. The zero-order valence-corrected chi connectivity index (χ0v) is 8.62. The summed E-state index contributed by atoms with van der Waals surface area (Å²) in [6.07, 6.45) is 7.74. The molecule has 0 radical (unpaired) electrons. The number of hydrogen-bond acceptors (Lipinski definition) is 2. The molecule has 1 heterocycles. The van der Waals surface area contributed by atoms with Crippen molar-refractivity contribution in [2.45, 2.75) is 13.3 Å². The van der Waals surface area contributed by atoms with Gasteiger partial charge in [0.1, 0.15) is 0 Å². The highest BCUT2D eigenvalue weighted by atomic mass is 16.2. The largest absolute Gasteiger partial charge is 0.295 e. The molecule has 0 aromatic carbocycles. The molecular formula is C12H13NO2. The smallest absolute Gasteiger partial charge is 0.238 e. The fraction of sp³-hybridized carbons (Fsp3) is 0.333. The molecule has 1 fully saturated rings. The number of rotatable bonds is 2. The summed E-state index contributed by atoms with van der Waals surface area (Å²) in [5, 5.41) is 2.38. The third-order valence-corrected chi connectivity index (χ3v) is 2.90. The summed E-state index contributed by atoms with van der Waals surface area (Å²) in [7, 11) is 0. The number of nitrogens with one attached hydrogen (secondary N) is 1. The number of hydrogen-bond donors (Lipinski definition) is 1. The molecule has 2 rings (SSSR count). The van der Waals surface area contributed by atoms with Crippen LogP contribution in [0.4, 0.5) is 0 Å². The highest BCUT2D eigenvalue weighted by Crippen LogP contribution is 2.42. The first-order chi connectivity index (χ1) is 7.06. The van der Waals surface area contributed by atoms with E-state index in [0.29, 0.717) is 6.42 Å². The predicted molar refractivity (Wildman–Crippen MR) is 56.8 cm³/mol. The molecule has 0 spiro atoms. The van der Waals surface area contributed by atoms with Crippen molar-refractivity contribution in [3.63, 3.8) is 0 Å². The van der Waals surface area contributed by atoms with Crippen LogP contribution in [0, 0.1) is 11.3 Å². The maximum atomic E-state index is 11.8. The minimum absolute atomic E-state index is 0.207. The zero-order valence-electron chi connectivity index (χ0n) is 8.62. The lowest BCUT2D eigenvalue weighted by atomic mass is 9.71. The van der Waals surface area contributed by atoms with E-state index in [-0.39, 0.29) is 17.7 Å². The van der Waals surface area contributed by atoms with Crippen LogP contribution >= 0.6 is 0 Å². The summed E-state index contributed by atoms with van der Waals surface area (Å²) in [5.41, 5.74) is 0.183. The molecule has 0 aromatic rings. The fourth-order valence-corrected chi connectivity index (χ4v) is 2.27. The van der Waals surface area contributed by atoms with Crippen molar-refractivity contribution in [3.8, 4) is 0 Å². The van der Waals surface area contributed by atoms with Gasteiger partial charge in [-0.05, 0) is 13.3 Å². The minimum Gasteiger partial charge on any atom is -0.295 e. The van der Waals surface area contributed by atoms with Gasteiger partial charge in [0.2, 0.25) is 11.8 Å². The maximum absolute atomic E-state index is 11.8. The van der Waals surface area contributed by atoms with Crippen molar-refractivity contribution < 1.29 is 9.59 Å². The number of amides is 2. The van der Waals surface area contributed by atoms with Crippen LogP contribution in [-0.4, -0.2) is 11.8 Å². The van der Waals surface area contributed by atoms with Crippen LogP contribution in [0.3, 0.4) is 0 Å². The Morgan fingerprint density at radius 3 is 2.93 bits per heavy atom. The van der Waals surface area contributed by atoms with Crippen LogP contribution in [0.15, 0.2) is 36.5 Å². The van der Waals surface area contributed by atoms with E-state index < -0.39 is 5.41 Å². The third kappa shape index (κ3) is 1.35. The molecule has 2 atom stereocenters. The third-order valence-electron chi connectivity index (χ3n) is 2.90. The number of carbonyl (C=O) groups is 2. The quantitative estimate of drug-likeness (QED) is 0.543. The summed E-state index contributed by atoms with van der Waals surface area (Å²) >= 11 is 0. The normalized spacial score (nSPS) is 32.7. The molecule has 1 N–H and O–H groups in total. The van der Waals surface area contributed by atoms with E-state index in [4.69, 9.17) is 0 Å². The van der Waals surface area contributed by atoms with Gasteiger partial charge >= 0.3 is 0 Å². The molecular weight excluding hydrogens is 190 g/mol. The van der Waals surface area contributed by atoms with E-state index in [2.05, 4.69) is 11.9 Å². The van der Waals surface area contributed by atoms with E-state index in [1.54, 1.807) is 12.2 Å². The zero-order chi connectivity index (χ0) is 11.1. The van der Waals surface area contributed by atoms with E-state index in [1.165, 1.54) is 0 Å². The molecule has 3 heteroatoms. The molecule has 1 aliphatic carbocycles. The average molecular weight is 203 g/mol. The Bertz CT molecular complexity index is 406. The summed E-state index contributed by atoms with van der Waals surface area (Å²) in [6, 6.07) is 0. The Labute approximate surface area is 88.5 Å². The Kier molecular flexibility index (Phi) is 2.11. The standard InChI is InChI=1S/C12H13NO2/c1-8(2)7-12-6-4-3-5-9(12)10(14)13-11(12)15/h3-6,9H,1,7H2,2H3,(H,13,14,15). The molecule has 2 amide bonds. The van der Waals surface area contributed by atoms with Crippen LogP contribution in [-0.2, 0) is 9.59 Å². The molecule has 0 aromatic heterocycles. The molecule has 15 heavy (non-hydrogen) atoms. The van der Waals surface area contributed by atoms with Crippen LogP contribution in [0.25, 0.3) is 0 Å². The Balaban J connectivity index is 2.44. The Morgan fingerprint density at radius 1 is 1.53 bits per heavy atom. The van der Waals surface area contributed by atoms with Gasteiger partial charge in [-0.1, -0.05) is 29.9 Å². The molecule has 1 saturated heterocycles. The monoisotopic (exact) mass is 203 g/mol. The van der Waals surface area contributed by atoms with Gasteiger partial charge < -0.3 is 0 Å². The topological polar surface area (TPSA) is 46.2 Å². The van der Waals surface area contributed by atoms with Gasteiger partial charge in [0.15, 0.2) is 0 Å². The van der Waals surface area contributed by atoms with Crippen LogP contribution in [0.2, 0.25) is 0 Å². The van der Waals surface area contributed by atoms with Crippen molar-refractivity contribution in [2.75, 3.05) is 0 Å². The molecule has 78 valence electrons. The van der Waals surface area contributed by atoms with Gasteiger partial charge in [-0.15, -0.1) is 6.58 Å². The number of imide groups is 1. The van der Waals surface area contributed by atoms with Crippen molar-refractivity contribution in [1.29, 1.82) is 0 Å². The van der Waals surface area contributed by atoms with Crippen molar-refractivity contribution in [3.05, 3.63) is 36.5 Å². The van der Waals surface area contributed by atoms with Crippen LogP contribution in [0.5, 0.6) is 0 Å². The lowest BCUT2D eigenvalue weighted by Crippen LogP contribution is -2.33. The van der Waals surface area contributed by atoms with Crippen molar-refractivity contribution in [2.24, 2.45) is 11.3 Å². The second-order valence-corrected chi connectivity index (χ2v) is 4.21. The van der Waals surface area contributed by atoms with E-state index in [1.807, 2.05) is 19.1 Å². The summed E-state index contributed by atoms with van der Waals surface area (Å²) in [5.74, 6) is -0.783. The first kappa shape index (κ1) is 9.90. The molecule has 2 aliphatic rings. The van der Waals surface area contributed by atoms with E-state index >= 15 is 0 Å². The average Bonchev–Trinajstić information content (AvgIpc) is 2.39. The molecule has 1 aliphatic heterocycles. The van der Waals surface area contributed by atoms with Crippen LogP contribution < -0.4 is 5.32 Å². The van der Waals surface area contributed by atoms with Gasteiger partial charge in [-0.25, -0.2) is 0 Å². The fourth-order valence-electron chi connectivity index (χ4n) is 2.27. The molecule has 3 nitrogen and oxygen atoms in total. The van der Waals surface area contributed by atoms with Crippen molar-refractivity contribution in [1.82, 2.24) is 5.32 Å². The van der Waals surface area contributed by atoms with Gasteiger partial charge in [-0.3, -0.25) is 14.9 Å². The molecule has 0 saturated carbocycles. The summed E-state index contributed by atoms with van der Waals surface area (Å²) in [6.45, 7) is 5.68. The van der Waals surface area contributed by atoms with E-state index in [9.17, 15) is 9.59 Å². The van der Waals surface area contributed by atoms with Gasteiger partial charge in [-0.2, -0.15) is 0 Å². The van der Waals surface area contributed by atoms with E-state index in [0.717, 1.165) is 5.57 Å². The van der Waals surface area contributed by atoms with Crippen molar-refractivity contribution >= 4 is 11.8 Å².